The van der Waals surface area contributed by atoms with Crippen molar-refractivity contribution in [2.75, 3.05) is 0 Å². The Morgan fingerprint density at radius 3 is 2.43 bits per heavy atom. The second-order valence-electron chi connectivity index (χ2n) is 4.67. The van der Waals surface area contributed by atoms with E-state index in [0.29, 0.717) is 11.3 Å². The highest BCUT2D eigenvalue weighted by Gasteiger charge is 2.09. The predicted octanol–water partition coefficient (Wildman–Crippen LogP) is 3.84. The van der Waals surface area contributed by atoms with Crippen LogP contribution in [0.15, 0.2) is 66.9 Å². The standard InChI is InChI=1S/C18H13NO2/c20-17(9-8-15-7-3-4-10-19-15)16-11-13-5-1-2-6-14(13)12-18(16)21/h1-12,21H/b9-8+. The molecule has 3 aromatic rings. The zero-order valence-corrected chi connectivity index (χ0v) is 11.2. The molecular weight excluding hydrogens is 262 g/mol. The molecule has 0 saturated heterocycles. The predicted molar refractivity (Wildman–Crippen MR) is 83.2 cm³/mol. The molecule has 0 fully saturated rings. The van der Waals surface area contributed by atoms with Gasteiger partial charge in [0.25, 0.3) is 0 Å². The molecule has 0 unspecified atom stereocenters. The molecule has 0 amide bonds. The Hall–Kier alpha value is -2.94. The number of carbonyl (C=O) groups is 1. The molecule has 0 radical (unpaired) electrons. The van der Waals surface area contributed by atoms with E-state index in [4.69, 9.17) is 0 Å². The Bertz CT molecular complexity index is 823. The number of phenolic OH excluding ortho intramolecular Hbond substituents is 1. The van der Waals surface area contributed by atoms with Gasteiger partial charge in [0.1, 0.15) is 5.75 Å². The second-order valence-corrected chi connectivity index (χ2v) is 4.67. The van der Waals surface area contributed by atoms with Crippen molar-refractivity contribution in [1.29, 1.82) is 0 Å². The van der Waals surface area contributed by atoms with E-state index in [1.54, 1.807) is 24.4 Å². The van der Waals surface area contributed by atoms with E-state index in [1.807, 2.05) is 42.5 Å². The lowest BCUT2D eigenvalue weighted by atomic mass is 10.0. The summed E-state index contributed by atoms with van der Waals surface area (Å²) in [6.07, 6.45) is 4.72. The minimum Gasteiger partial charge on any atom is -0.507 e. The molecule has 102 valence electrons. The van der Waals surface area contributed by atoms with Gasteiger partial charge in [-0.15, -0.1) is 0 Å². The number of carbonyl (C=O) groups excluding carboxylic acids is 1. The monoisotopic (exact) mass is 275 g/mol. The summed E-state index contributed by atoms with van der Waals surface area (Å²) in [5, 5.41) is 11.8. The second kappa shape index (κ2) is 5.59. The molecule has 0 aliphatic heterocycles. The zero-order valence-electron chi connectivity index (χ0n) is 11.2. The minimum absolute atomic E-state index is 0.00984. The van der Waals surface area contributed by atoms with E-state index in [2.05, 4.69) is 4.98 Å². The third-order valence-electron chi connectivity index (χ3n) is 3.22. The van der Waals surface area contributed by atoms with Crippen molar-refractivity contribution in [3.8, 4) is 5.75 Å². The zero-order chi connectivity index (χ0) is 14.7. The number of phenols is 1. The fourth-order valence-corrected chi connectivity index (χ4v) is 2.15. The van der Waals surface area contributed by atoms with Gasteiger partial charge in [0.15, 0.2) is 5.78 Å². The number of nitrogens with zero attached hydrogens (tertiary/aromatic N) is 1. The molecule has 3 heteroatoms. The molecule has 0 saturated carbocycles. The molecule has 0 aliphatic rings. The normalized spacial score (nSPS) is 11.0. The number of aromatic hydroxyl groups is 1. The van der Waals surface area contributed by atoms with Gasteiger partial charge < -0.3 is 5.11 Å². The number of rotatable bonds is 3. The third-order valence-corrected chi connectivity index (χ3v) is 3.22. The van der Waals surface area contributed by atoms with Crippen molar-refractivity contribution in [1.82, 2.24) is 4.98 Å². The molecule has 0 aliphatic carbocycles. The average Bonchev–Trinajstić information content (AvgIpc) is 2.53. The SMILES string of the molecule is O=C(/C=C/c1ccccn1)c1cc2ccccc2cc1O. The van der Waals surface area contributed by atoms with Crippen LogP contribution in [0.2, 0.25) is 0 Å². The highest BCUT2D eigenvalue weighted by molar-refractivity contribution is 6.10. The molecule has 2 aromatic carbocycles. The van der Waals surface area contributed by atoms with Gasteiger partial charge in [0.05, 0.1) is 11.3 Å². The topological polar surface area (TPSA) is 50.2 Å². The first-order valence-electron chi connectivity index (χ1n) is 6.59. The van der Waals surface area contributed by atoms with Crippen LogP contribution >= 0.6 is 0 Å². The van der Waals surface area contributed by atoms with Crippen LogP contribution in [0, 0.1) is 0 Å². The van der Waals surface area contributed by atoms with Crippen molar-refractivity contribution in [3.63, 3.8) is 0 Å². The fraction of sp³-hybridized carbons (Fsp3) is 0. The summed E-state index contributed by atoms with van der Waals surface area (Å²) in [5.74, 6) is -0.256. The summed E-state index contributed by atoms with van der Waals surface area (Å²) >= 11 is 0. The van der Waals surface area contributed by atoms with E-state index in [-0.39, 0.29) is 11.5 Å². The molecular formula is C18H13NO2. The van der Waals surface area contributed by atoms with E-state index < -0.39 is 0 Å². The molecule has 0 bridgehead atoms. The minimum atomic E-state index is -0.246. The van der Waals surface area contributed by atoms with Crippen LogP contribution in [0.4, 0.5) is 0 Å². The largest absolute Gasteiger partial charge is 0.507 e. The summed E-state index contributed by atoms with van der Waals surface area (Å²) in [6.45, 7) is 0. The van der Waals surface area contributed by atoms with Gasteiger partial charge in [-0.05, 0) is 47.2 Å². The molecule has 1 heterocycles. The van der Waals surface area contributed by atoms with E-state index >= 15 is 0 Å². The highest BCUT2D eigenvalue weighted by Crippen LogP contribution is 2.25. The van der Waals surface area contributed by atoms with Gasteiger partial charge in [-0.25, -0.2) is 0 Å². The van der Waals surface area contributed by atoms with E-state index in [9.17, 15) is 9.90 Å². The van der Waals surface area contributed by atoms with Crippen LogP contribution in [0.5, 0.6) is 5.75 Å². The number of benzene rings is 2. The molecule has 1 aromatic heterocycles. The lowest BCUT2D eigenvalue weighted by Gasteiger charge is -2.04. The van der Waals surface area contributed by atoms with E-state index in [1.165, 1.54) is 6.08 Å². The number of hydrogen-bond donors (Lipinski definition) is 1. The van der Waals surface area contributed by atoms with Gasteiger partial charge in [-0.1, -0.05) is 30.3 Å². The van der Waals surface area contributed by atoms with Crippen LogP contribution in [0.3, 0.4) is 0 Å². The summed E-state index contributed by atoms with van der Waals surface area (Å²) in [5.41, 5.74) is 0.993. The number of allylic oxidation sites excluding steroid dienone is 1. The van der Waals surface area contributed by atoms with E-state index in [0.717, 1.165) is 10.8 Å². The number of pyridine rings is 1. The average molecular weight is 275 g/mol. The van der Waals surface area contributed by atoms with Gasteiger partial charge in [0.2, 0.25) is 0 Å². The van der Waals surface area contributed by atoms with Gasteiger partial charge in [0, 0.05) is 6.20 Å². The summed E-state index contributed by atoms with van der Waals surface area (Å²) in [7, 11) is 0. The van der Waals surface area contributed by atoms with Gasteiger partial charge >= 0.3 is 0 Å². The smallest absolute Gasteiger partial charge is 0.189 e. The highest BCUT2D eigenvalue weighted by atomic mass is 16.3. The number of hydrogen-bond acceptors (Lipinski definition) is 3. The van der Waals surface area contributed by atoms with Crippen LogP contribution < -0.4 is 0 Å². The lowest BCUT2D eigenvalue weighted by Crippen LogP contribution is -1.95. The molecule has 0 atom stereocenters. The number of aromatic nitrogens is 1. The first-order valence-corrected chi connectivity index (χ1v) is 6.59. The Balaban J connectivity index is 1.94. The summed E-state index contributed by atoms with van der Waals surface area (Å²) in [6, 6.07) is 16.4. The Morgan fingerprint density at radius 1 is 1.00 bits per heavy atom. The van der Waals surface area contributed by atoms with Crippen molar-refractivity contribution in [3.05, 3.63) is 78.1 Å². The van der Waals surface area contributed by atoms with Crippen LogP contribution in [-0.4, -0.2) is 15.9 Å². The Labute approximate surface area is 122 Å². The maximum atomic E-state index is 12.2. The van der Waals surface area contributed by atoms with Crippen molar-refractivity contribution < 1.29 is 9.90 Å². The maximum absolute atomic E-state index is 12.2. The molecule has 3 nitrogen and oxygen atoms in total. The Kier molecular flexibility index (Phi) is 3.48. The van der Waals surface area contributed by atoms with Crippen LogP contribution in [0.25, 0.3) is 16.8 Å². The molecule has 1 N–H and O–H groups in total. The third kappa shape index (κ3) is 2.82. The first kappa shape index (κ1) is 13.1. The van der Waals surface area contributed by atoms with Gasteiger partial charge in [-0.2, -0.15) is 0 Å². The number of ketones is 1. The van der Waals surface area contributed by atoms with Gasteiger partial charge in [-0.3, -0.25) is 9.78 Å². The fourth-order valence-electron chi connectivity index (χ4n) is 2.15. The molecule has 0 spiro atoms. The first-order chi connectivity index (χ1) is 10.2. The number of fused-ring (bicyclic) bond motifs is 1. The quantitative estimate of drug-likeness (QED) is 0.583. The van der Waals surface area contributed by atoms with Crippen LogP contribution in [0.1, 0.15) is 16.1 Å². The van der Waals surface area contributed by atoms with Crippen molar-refractivity contribution in [2.24, 2.45) is 0 Å². The van der Waals surface area contributed by atoms with Crippen molar-refractivity contribution in [2.45, 2.75) is 0 Å². The van der Waals surface area contributed by atoms with Crippen molar-refractivity contribution >= 4 is 22.6 Å². The Morgan fingerprint density at radius 2 is 1.71 bits per heavy atom. The maximum Gasteiger partial charge on any atom is 0.189 e. The molecule has 21 heavy (non-hydrogen) atoms. The van der Waals surface area contributed by atoms with Crippen LogP contribution in [-0.2, 0) is 0 Å². The summed E-state index contributed by atoms with van der Waals surface area (Å²) < 4.78 is 0. The summed E-state index contributed by atoms with van der Waals surface area (Å²) in [4.78, 5) is 16.3. The molecule has 3 rings (SSSR count). The lowest BCUT2D eigenvalue weighted by molar-refractivity contribution is 0.104.